The molecule has 0 spiro atoms. The minimum atomic E-state index is -0.515. The third-order valence-corrected chi connectivity index (χ3v) is 5.66. The lowest BCUT2D eigenvalue weighted by atomic mass is 9.80. The molecule has 0 saturated heterocycles. The Morgan fingerprint density at radius 3 is 2.47 bits per heavy atom. The van der Waals surface area contributed by atoms with Crippen molar-refractivity contribution in [3.05, 3.63) is 64.7 Å². The van der Waals surface area contributed by atoms with Crippen molar-refractivity contribution in [2.45, 2.75) is 38.6 Å². The Hall–Kier alpha value is -3.90. The van der Waals surface area contributed by atoms with Crippen molar-refractivity contribution in [1.29, 1.82) is 10.5 Å². The van der Waals surface area contributed by atoms with Gasteiger partial charge in [-0.15, -0.1) is 0 Å². The highest BCUT2D eigenvalue weighted by atomic mass is 16.5. The summed E-state index contributed by atoms with van der Waals surface area (Å²) in [4.78, 5) is 27.5. The fourth-order valence-corrected chi connectivity index (χ4v) is 4.48. The van der Waals surface area contributed by atoms with Crippen LogP contribution in [-0.4, -0.2) is 17.4 Å². The van der Waals surface area contributed by atoms with Gasteiger partial charge in [-0.25, -0.2) is 4.79 Å². The maximum Gasteiger partial charge on any atom is 0.343 e. The van der Waals surface area contributed by atoms with E-state index in [4.69, 9.17) is 4.74 Å². The zero-order valence-corrected chi connectivity index (χ0v) is 16.9. The van der Waals surface area contributed by atoms with Gasteiger partial charge >= 0.3 is 5.97 Å². The molecule has 2 aliphatic heterocycles. The molecule has 2 aliphatic rings. The largest absolute Gasteiger partial charge is 0.423 e. The Bertz CT molecular complexity index is 1180. The second-order valence-corrected chi connectivity index (χ2v) is 8.20. The van der Waals surface area contributed by atoms with Crippen LogP contribution in [0.4, 0.5) is 5.69 Å². The number of benzene rings is 2. The van der Waals surface area contributed by atoms with Crippen molar-refractivity contribution in [3.8, 4) is 17.9 Å². The lowest BCUT2D eigenvalue weighted by molar-refractivity contribution is -0.114. The lowest BCUT2D eigenvalue weighted by Crippen LogP contribution is -2.49. The van der Waals surface area contributed by atoms with Crippen LogP contribution in [0.5, 0.6) is 5.75 Å². The number of esters is 1. The van der Waals surface area contributed by atoms with E-state index in [0.717, 1.165) is 5.56 Å². The molecule has 0 fully saturated rings. The van der Waals surface area contributed by atoms with E-state index in [-0.39, 0.29) is 28.7 Å². The summed E-state index contributed by atoms with van der Waals surface area (Å²) in [5, 5.41) is 18.9. The van der Waals surface area contributed by atoms with E-state index in [0.29, 0.717) is 23.2 Å². The third kappa shape index (κ3) is 2.86. The SMILES string of the molecule is CC1CC(C)(C)N2C(=O)C(=C(C#N)C#N)c3cc(OC(=O)c4ccccc4)cc1c32. The van der Waals surface area contributed by atoms with Gasteiger partial charge < -0.3 is 9.64 Å². The molecule has 6 nitrogen and oxygen atoms in total. The zero-order chi connectivity index (χ0) is 21.6. The molecular formula is C24H19N3O3. The van der Waals surface area contributed by atoms with Gasteiger partial charge in [-0.2, -0.15) is 10.5 Å². The number of ether oxygens (including phenoxy) is 1. The van der Waals surface area contributed by atoms with Gasteiger partial charge in [0.2, 0.25) is 0 Å². The first kappa shape index (κ1) is 19.4. The van der Waals surface area contributed by atoms with Crippen LogP contribution in [0.2, 0.25) is 0 Å². The van der Waals surface area contributed by atoms with Gasteiger partial charge in [-0.1, -0.05) is 25.1 Å². The molecule has 0 saturated carbocycles. The summed E-state index contributed by atoms with van der Waals surface area (Å²) in [6, 6.07) is 15.6. The highest BCUT2D eigenvalue weighted by molar-refractivity contribution is 6.35. The van der Waals surface area contributed by atoms with Gasteiger partial charge in [-0.3, -0.25) is 4.79 Å². The number of hydrogen-bond acceptors (Lipinski definition) is 5. The minimum Gasteiger partial charge on any atom is -0.423 e. The highest BCUT2D eigenvalue weighted by Gasteiger charge is 2.48. The van der Waals surface area contributed by atoms with E-state index in [2.05, 4.69) is 6.92 Å². The predicted molar refractivity (Wildman–Crippen MR) is 111 cm³/mol. The van der Waals surface area contributed by atoms with Crippen molar-refractivity contribution < 1.29 is 14.3 Å². The van der Waals surface area contributed by atoms with Crippen molar-refractivity contribution in [1.82, 2.24) is 0 Å². The summed E-state index contributed by atoms with van der Waals surface area (Å²) in [5.41, 5.74) is 1.78. The van der Waals surface area contributed by atoms with Gasteiger partial charge in [0.1, 0.15) is 23.5 Å². The quantitative estimate of drug-likeness (QED) is 0.325. The molecule has 1 atom stereocenters. The molecule has 2 aromatic rings. The van der Waals surface area contributed by atoms with Gasteiger partial charge in [0, 0.05) is 11.1 Å². The molecule has 2 heterocycles. The van der Waals surface area contributed by atoms with E-state index >= 15 is 0 Å². The number of anilines is 1. The van der Waals surface area contributed by atoms with Crippen LogP contribution in [0.15, 0.2) is 48.0 Å². The van der Waals surface area contributed by atoms with Crippen LogP contribution in [0.1, 0.15) is 54.6 Å². The van der Waals surface area contributed by atoms with Crippen LogP contribution in [-0.2, 0) is 4.79 Å². The number of nitrogens with zero attached hydrogens (tertiary/aromatic N) is 3. The van der Waals surface area contributed by atoms with Crippen molar-refractivity contribution in [3.63, 3.8) is 0 Å². The molecule has 0 radical (unpaired) electrons. The van der Waals surface area contributed by atoms with Crippen molar-refractivity contribution in [2.24, 2.45) is 0 Å². The molecule has 0 aliphatic carbocycles. The van der Waals surface area contributed by atoms with E-state index in [9.17, 15) is 20.1 Å². The summed E-state index contributed by atoms with van der Waals surface area (Å²) in [6.45, 7) is 6.00. The number of carbonyl (C=O) groups excluding carboxylic acids is 2. The third-order valence-electron chi connectivity index (χ3n) is 5.66. The highest BCUT2D eigenvalue weighted by Crippen LogP contribution is 2.53. The monoisotopic (exact) mass is 397 g/mol. The van der Waals surface area contributed by atoms with E-state index in [1.807, 2.05) is 32.1 Å². The number of hydrogen-bond donors (Lipinski definition) is 0. The molecular weight excluding hydrogens is 378 g/mol. The lowest BCUT2D eigenvalue weighted by Gasteiger charge is -2.43. The molecule has 6 heteroatoms. The van der Waals surface area contributed by atoms with Crippen LogP contribution in [0, 0.1) is 22.7 Å². The Balaban J connectivity index is 1.91. The molecule has 1 unspecified atom stereocenters. The fourth-order valence-electron chi connectivity index (χ4n) is 4.48. The zero-order valence-electron chi connectivity index (χ0n) is 16.9. The second-order valence-electron chi connectivity index (χ2n) is 8.20. The first-order valence-corrected chi connectivity index (χ1v) is 9.63. The smallest absolute Gasteiger partial charge is 0.343 e. The number of carbonyl (C=O) groups is 2. The molecule has 0 N–H and O–H groups in total. The number of amides is 1. The fraction of sp³-hybridized carbons (Fsp3) is 0.250. The van der Waals surface area contributed by atoms with Gasteiger partial charge in [-0.05, 0) is 56.0 Å². The van der Waals surface area contributed by atoms with Crippen LogP contribution in [0.25, 0.3) is 5.57 Å². The number of rotatable bonds is 2. The number of allylic oxidation sites excluding steroid dienone is 1. The maximum atomic E-state index is 13.3. The van der Waals surface area contributed by atoms with Gasteiger partial charge in [0.25, 0.3) is 5.91 Å². The molecule has 1 amide bonds. The summed E-state index contributed by atoms with van der Waals surface area (Å²) in [6.07, 6.45) is 0.697. The average molecular weight is 397 g/mol. The normalized spacial score (nSPS) is 18.3. The van der Waals surface area contributed by atoms with Crippen molar-refractivity contribution in [2.75, 3.05) is 4.90 Å². The first-order valence-electron chi connectivity index (χ1n) is 9.63. The summed E-state index contributed by atoms with van der Waals surface area (Å²) in [5.74, 6) is -0.501. The average Bonchev–Trinajstić information content (AvgIpc) is 3.01. The van der Waals surface area contributed by atoms with E-state index in [1.54, 1.807) is 41.3 Å². The topological polar surface area (TPSA) is 94.2 Å². The van der Waals surface area contributed by atoms with E-state index < -0.39 is 11.5 Å². The summed E-state index contributed by atoms with van der Waals surface area (Å²) >= 11 is 0. The Labute approximate surface area is 174 Å². The van der Waals surface area contributed by atoms with Gasteiger partial charge in [0.15, 0.2) is 0 Å². The Kier molecular flexibility index (Phi) is 4.44. The first-order chi connectivity index (χ1) is 14.3. The van der Waals surface area contributed by atoms with Gasteiger partial charge in [0.05, 0.1) is 16.8 Å². The van der Waals surface area contributed by atoms with Crippen molar-refractivity contribution >= 4 is 23.1 Å². The predicted octanol–water partition coefficient (Wildman–Crippen LogP) is 4.34. The van der Waals surface area contributed by atoms with Crippen LogP contribution >= 0.6 is 0 Å². The summed E-state index contributed by atoms with van der Waals surface area (Å²) in [7, 11) is 0. The molecule has 2 aromatic carbocycles. The van der Waals surface area contributed by atoms with E-state index in [1.165, 1.54) is 0 Å². The molecule has 0 bridgehead atoms. The second kappa shape index (κ2) is 6.86. The molecule has 30 heavy (non-hydrogen) atoms. The standard InChI is InChI=1S/C24H19N3O3/c1-14-11-24(2,3)27-21-18(14)9-17(30-23(29)15-7-5-4-6-8-15)10-19(21)20(22(27)28)16(12-25)13-26/h4-10,14H,11H2,1-3H3. The summed E-state index contributed by atoms with van der Waals surface area (Å²) < 4.78 is 5.60. The molecule has 0 aromatic heterocycles. The minimum absolute atomic E-state index is 0.0658. The molecule has 4 rings (SSSR count). The van der Waals surface area contributed by atoms with Crippen LogP contribution < -0.4 is 9.64 Å². The maximum absolute atomic E-state index is 13.3. The molecule has 148 valence electrons. The number of nitriles is 2. The Morgan fingerprint density at radius 2 is 1.83 bits per heavy atom. The Morgan fingerprint density at radius 1 is 1.17 bits per heavy atom. The van der Waals surface area contributed by atoms with Crippen LogP contribution in [0.3, 0.4) is 0 Å².